The van der Waals surface area contributed by atoms with Gasteiger partial charge in [0.15, 0.2) is 15.8 Å². The Morgan fingerprint density at radius 3 is 2.83 bits per heavy atom. The van der Waals surface area contributed by atoms with Gasteiger partial charge in [0.2, 0.25) is 0 Å². The van der Waals surface area contributed by atoms with E-state index in [0.29, 0.717) is 18.9 Å². The molecule has 2 atom stereocenters. The molecule has 0 radical (unpaired) electrons. The van der Waals surface area contributed by atoms with E-state index in [9.17, 15) is 8.42 Å². The largest absolute Gasteiger partial charge is 0.468 e. The number of sulfone groups is 1. The summed E-state index contributed by atoms with van der Waals surface area (Å²) in [6, 6.07) is 3.76. The monoisotopic (exact) mass is 342 g/mol. The lowest BCUT2D eigenvalue weighted by Gasteiger charge is -2.22. The van der Waals surface area contributed by atoms with E-state index in [0.717, 1.165) is 12.3 Å². The molecule has 1 fully saturated rings. The molecule has 0 saturated carbocycles. The minimum absolute atomic E-state index is 0.0350. The van der Waals surface area contributed by atoms with Crippen molar-refractivity contribution in [1.82, 2.24) is 15.5 Å². The Morgan fingerprint density at radius 1 is 1.52 bits per heavy atom. The zero-order chi connectivity index (χ0) is 16.9. The van der Waals surface area contributed by atoms with Crippen LogP contribution in [-0.2, 0) is 9.84 Å². The van der Waals surface area contributed by atoms with Gasteiger partial charge in [0.05, 0.1) is 30.4 Å². The lowest BCUT2D eigenvalue weighted by atomic mass is 10.2. The summed E-state index contributed by atoms with van der Waals surface area (Å²) in [6.07, 6.45) is 2.28. The van der Waals surface area contributed by atoms with E-state index >= 15 is 0 Å². The number of hydrogen-bond acceptors (Lipinski definition) is 5. The van der Waals surface area contributed by atoms with Gasteiger partial charge in [0.25, 0.3) is 0 Å². The van der Waals surface area contributed by atoms with Crippen molar-refractivity contribution in [3.8, 4) is 0 Å². The van der Waals surface area contributed by atoms with Crippen molar-refractivity contribution in [2.75, 3.05) is 38.7 Å². The van der Waals surface area contributed by atoms with E-state index in [1.807, 2.05) is 38.1 Å². The molecule has 130 valence electrons. The molecule has 2 N–H and O–H groups in total. The van der Waals surface area contributed by atoms with Gasteiger partial charge in [-0.2, -0.15) is 0 Å². The maximum absolute atomic E-state index is 11.6. The third-order valence-corrected chi connectivity index (χ3v) is 5.60. The lowest BCUT2D eigenvalue weighted by molar-refractivity contribution is 0.265. The van der Waals surface area contributed by atoms with Gasteiger partial charge in [-0.25, -0.2) is 8.42 Å². The summed E-state index contributed by atoms with van der Waals surface area (Å²) in [5.74, 6) is 1.93. The highest BCUT2D eigenvalue weighted by molar-refractivity contribution is 7.91. The van der Waals surface area contributed by atoms with Gasteiger partial charge >= 0.3 is 0 Å². The molecule has 2 heterocycles. The molecule has 0 amide bonds. The van der Waals surface area contributed by atoms with Crippen molar-refractivity contribution in [2.24, 2.45) is 4.99 Å². The normalized spacial score (nSPS) is 22.3. The molecule has 1 saturated heterocycles. The van der Waals surface area contributed by atoms with Gasteiger partial charge in [-0.15, -0.1) is 0 Å². The molecule has 1 aliphatic rings. The third-order valence-electron chi connectivity index (χ3n) is 3.83. The Kier molecular flexibility index (Phi) is 6.06. The number of likely N-dealkylation sites (N-methyl/N-ethyl adjacent to an activating group) is 1. The molecule has 1 aromatic rings. The highest BCUT2D eigenvalue weighted by Crippen LogP contribution is 2.19. The van der Waals surface area contributed by atoms with Crippen LogP contribution >= 0.6 is 0 Å². The summed E-state index contributed by atoms with van der Waals surface area (Å²) < 4.78 is 28.6. The van der Waals surface area contributed by atoms with Crippen LogP contribution in [-0.4, -0.2) is 64.0 Å². The molecular weight excluding hydrogens is 316 g/mol. The SMILES string of the molecule is CCNC(=NCC(c1ccco1)N(C)C)NC1CCS(=O)(=O)C1. The molecule has 1 aliphatic heterocycles. The molecule has 23 heavy (non-hydrogen) atoms. The first kappa shape index (κ1) is 17.8. The van der Waals surface area contributed by atoms with E-state index in [1.165, 1.54) is 0 Å². The van der Waals surface area contributed by atoms with Crippen LogP contribution in [0.4, 0.5) is 0 Å². The standard InChI is InChI=1S/C15H26N4O3S/c1-4-16-15(18-12-7-9-23(20,21)11-12)17-10-13(19(2)3)14-6-5-8-22-14/h5-6,8,12-13H,4,7,9-11H2,1-3H3,(H2,16,17,18). The molecule has 2 rings (SSSR count). The van der Waals surface area contributed by atoms with Gasteiger partial charge in [-0.3, -0.25) is 9.89 Å². The van der Waals surface area contributed by atoms with E-state index in [1.54, 1.807) is 6.26 Å². The highest BCUT2D eigenvalue weighted by atomic mass is 32.2. The number of hydrogen-bond donors (Lipinski definition) is 2. The zero-order valence-electron chi connectivity index (χ0n) is 13.9. The Hall–Kier alpha value is -1.54. The van der Waals surface area contributed by atoms with Crippen LogP contribution in [0.2, 0.25) is 0 Å². The van der Waals surface area contributed by atoms with E-state index in [-0.39, 0.29) is 23.6 Å². The van der Waals surface area contributed by atoms with E-state index < -0.39 is 9.84 Å². The summed E-state index contributed by atoms with van der Waals surface area (Å²) in [7, 11) is 1.05. The number of nitrogens with one attached hydrogen (secondary N) is 2. The molecule has 1 aromatic heterocycles. The summed E-state index contributed by atoms with van der Waals surface area (Å²) in [4.78, 5) is 6.65. The summed E-state index contributed by atoms with van der Waals surface area (Å²) in [5.41, 5.74) is 0. The van der Waals surface area contributed by atoms with Gasteiger partial charge in [-0.1, -0.05) is 0 Å². The van der Waals surface area contributed by atoms with Crippen LogP contribution in [0.25, 0.3) is 0 Å². The Labute approximate surface area is 138 Å². The second-order valence-corrected chi connectivity index (χ2v) is 8.19. The topological polar surface area (TPSA) is 86.9 Å². The minimum Gasteiger partial charge on any atom is -0.468 e. The summed E-state index contributed by atoms with van der Waals surface area (Å²) in [6.45, 7) is 3.23. The van der Waals surface area contributed by atoms with Crippen molar-refractivity contribution in [1.29, 1.82) is 0 Å². The first-order valence-corrected chi connectivity index (χ1v) is 9.68. The minimum atomic E-state index is -2.90. The molecule has 8 heteroatoms. The second-order valence-electron chi connectivity index (χ2n) is 5.96. The summed E-state index contributed by atoms with van der Waals surface area (Å²) in [5, 5.41) is 6.39. The fourth-order valence-corrected chi connectivity index (χ4v) is 4.26. The third kappa shape index (κ3) is 5.24. The number of rotatable bonds is 6. The maximum Gasteiger partial charge on any atom is 0.191 e. The van der Waals surface area contributed by atoms with Crippen LogP contribution in [0.1, 0.15) is 25.1 Å². The number of guanidine groups is 1. The zero-order valence-corrected chi connectivity index (χ0v) is 14.8. The van der Waals surface area contributed by atoms with E-state index in [4.69, 9.17) is 4.42 Å². The van der Waals surface area contributed by atoms with Crippen LogP contribution in [0, 0.1) is 0 Å². The van der Waals surface area contributed by atoms with E-state index in [2.05, 4.69) is 15.6 Å². The molecule has 0 bridgehead atoms. The smallest absolute Gasteiger partial charge is 0.191 e. The number of aliphatic imine (C=N–C) groups is 1. The van der Waals surface area contributed by atoms with Crippen molar-refractivity contribution in [3.63, 3.8) is 0 Å². The summed E-state index contributed by atoms with van der Waals surface area (Å²) >= 11 is 0. The van der Waals surface area contributed by atoms with Crippen LogP contribution in [0.15, 0.2) is 27.8 Å². The number of furan rings is 1. The van der Waals surface area contributed by atoms with Crippen LogP contribution < -0.4 is 10.6 Å². The fraction of sp³-hybridized carbons (Fsp3) is 0.667. The lowest BCUT2D eigenvalue weighted by Crippen LogP contribution is -2.44. The fourth-order valence-electron chi connectivity index (χ4n) is 2.59. The molecule has 0 aromatic carbocycles. The highest BCUT2D eigenvalue weighted by Gasteiger charge is 2.28. The van der Waals surface area contributed by atoms with Crippen molar-refractivity contribution in [3.05, 3.63) is 24.2 Å². The average Bonchev–Trinajstić information content (AvgIpc) is 3.09. The number of nitrogens with zero attached hydrogens (tertiary/aromatic N) is 2. The molecule has 0 spiro atoms. The predicted octanol–water partition coefficient (Wildman–Crippen LogP) is 0.625. The maximum atomic E-state index is 11.6. The predicted molar refractivity (Wildman–Crippen MR) is 91.3 cm³/mol. The van der Waals surface area contributed by atoms with Gasteiger partial charge < -0.3 is 15.1 Å². The molecule has 7 nitrogen and oxygen atoms in total. The Bertz CT molecular complexity index is 611. The second kappa shape index (κ2) is 7.83. The molecular formula is C15H26N4O3S. The molecule has 0 aliphatic carbocycles. The Morgan fingerprint density at radius 2 is 2.30 bits per heavy atom. The first-order valence-electron chi connectivity index (χ1n) is 7.86. The quantitative estimate of drug-likeness (QED) is 0.582. The first-order chi connectivity index (χ1) is 10.9. The van der Waals surface area contributed by atoms with Crippen LogP contribution in [0.5, 0.6) is 0 Å². The molecule has 2 unspecified atom stereocenters. The van der Waals surface area contributed by atoms with Crippen molar-refractivity contribution >= 4 is 15.8 Å². The average molecular weight is 342 g/mol. The van der Waals surface area contributed by atoms with Crippen LogP contribution in [0.3, 0.4) is 0 Å². The van der Waals surface area contributed by atoms with Gasteiger partial charge in [0.1, 0.15) is 5.76 Å². The van der Waals surface area contributed by atoms with Gasteiger partial charge in [0, 0.05) is 12.6 Å². The van der Waals surface area contributed by atoms with Crippen molar-refractivity contribution in [2.45, 2.75) is 25.4 Å². The Balaban J connectivity index is 2.02. The van der Waals surface area contributed by atoms with Gasteiger partial charge in [-0.05, 0) is 39.6 Å². The van der Waals surface area contributed by atoms with Crippen molar-refractivity contribution < 1.29 is 12.8 Å².